The predicted octanol–water partition coefficient (Wildman–Crippen LogP) is 3.22. The molecule has 0 radical (unpaired) electrons. The predicted molar refractivity (Wildman–Crippen MR) is 95.1 cm³/mol. The largest absolute Gasteiger partial charge is 0.454 e. The van der Waals surface area contributed by atoms with Gasteiger partial charge in [-0.3, -0.25) is 4.90 Å². The van der Waals surface area contributed by atoms with E-state index in [1.165, 1.54) is 33.4 Å². The quantitative estimate of drug-likeness (QED) is 0.801. The fraction of sp³-hybridized carbons (Fsp3) is 0.429. The molecule has 4 heteroatoms. The van der Waals surface area contributed by atoms with Crippen molar-refractivity contribution in [3.8, 4) is 11.5 Å². The molecule has 0 unspecified atom stereocenters. The lowest BCUT2D eigenvalue weighted by Crippen LogP contribution is -2.43. The van der Waals surface area contributed by atoms with E-state index >= 15 is 0 Å². The van der Waals surface area contributed by atoms with Gasteiger partial charge in [0.05, 0.1) is 6.10 Å². The molecule has 3 aliphatic rings. The Kier molecular flexibility index (Phi) is 3.19. The molecule has 2 heterocycles. The SMILES string of the molecule is Cc1ccc2c(c1C)CN(C)[C@@H]1c3cc4c(cc3C[C@H](O)[C@H]21)OCO4. The number of hydrogen-bond acceptors (Lipinski definition) is 4. The summed E-state index contributed by atoms with van der Waals surface area (Å²) in [6.07, 6.45) is 0.273. The number of nitrogens with zero attached hydrogens (tertiary/aromatic N) is 1. The number of aliphatic hydroxyl groups excluding tert-OH is 1. The van der Waals surface area contributed by atoms with Crippen LogP contribution in [0.1, 0.15) is 45.3 Å². The number of likely N-dealkylation sites (N-methyl/N-ethyl adjacent to an activating group) is 1. The van der Waals surface area contributed by atoms with Crippen molar-refractivity contribution in [1.82, 2.24) is 4.90 Å². The standard InChI is InChI=1S/C21H23NO3/c1-11-4-5-14-16(12(11)2)9-22(3)21-15-8-19-18(24-10-25-19)7-13(15)6-17(23)20(14)21/h4-5,7-8,17,20-21,23H,6,9-10H2,1-3H3/t17-,20-,21+/m0/s1. The van der Waals surface area contributed by atoms with Gasteiger partial charge in [-0.2, -0.15) is 0 Å². The Labute approximate surface area is 148 Å². The minimum absolute atomic E-state index is 0.0981. The van der Waals surface area contributed by atoms with Crippen LogP contribution in [-0.4, -0.2) is 30.0 Å². The monoisotopic (exact) mass is 337 g/mol. The normalized spacial score (nSPS) is 26.8. The Bertz CT molecular complexity index is 876. The molecule has 25 heavy (non-hydrogen) atoms. The van der Waals surface area contributed by atoms with Gasteiger partial charge in [-0.05, 0) is 72.8 Å². The van der Waals surface area contributed by atoms with Gasteiger partial charge in [0.2, 0.25) is 6.79 Å². The van der Waals surface area contributed by atoms with Gasteiger partial charge in [0.15, 0.2) is 11.5 Å². The van der Waals surface area contributed by atoms with E-state index in [0.29, 0.717) is 6.42 Å². The topological polar surface area (TPSA) is 41.9 Å². The summed E-state index contributed by atoms with van der Waals surface area (Å²) in [5, 5.41) is 11.0. The summed E-state index contributed by atoms with van der Waals surface area (Å²) >= 11 is 0. The van der Waals surface area contributed by atoms with Crippen molar-refractivity contribution in [2.45, 2.75) is 44.9 Å². The molecule has 0 aromatic heterocycles. The maximum absolute atomic E-state index is 11.0. The first kappa shape index (κ1) is 15.2. The summed E-state index contributed by atoms with van der Waals surface area (Å²) in [5.74, 6) is 1.73. The Morgan fingerprint density at radius 1 is 1.08 bits per heavy atom. The highest BCUT2D eigenvalue weighted by Crippen LogP contribution is 2.51. The van der Waals surface area contributed by atoms with E-state index in [0.717, 1.165) is 18.0 Å². The fourth-order valence-electron chi connectivity index (χ4n) is 4.86. The van der Waals surface area contributed by atoms with Crippen LogP contribution in [0.2, 0.25) is 0 Å². The van der Waals surface area contributed by atoms with Crippen molar-refractivity contribution < 1.29 is 14.6 Å². The first-order valence-corrected chi connectivity index (χ1v) is 8.94. The highest BCUT2D eigenvalue weighted by molar-refractivity contribution is 5.54. The lowest BCUT2D eigenvalue weighted by molar-refractivity contribution is 0.0597. The third-order valence-corrected chi connectivity index (χ3v) is 6.28. The number of aliphatic hydroxyl groups is 1. The molecule has 4 nitrogen and oxygen atoms in total. The van der Waals surface area contributed by atoms with Crippen molar-refractivity contribution in [2.24, 2.45) is 0 Å². The second kappa shape index (κ2) is 5.23. The zero-order chi connectivity index (χ0) is 17.3. The summed E-state index contributed by atoms with van der Waals surface area (Å²) in [6.45, 7) is 5.55. The molecule has 5 rings (SSSR count). The Balaban J connectivity index is 1.69. The van der Waals surface area contributed by atoms with Crippen LogP contribution in [0.3, 0.4) is 0 Å². The fourth-order valence-corrected chi connectivity index (χ4v) is 4.86. The molecule has 0 bridgehead atoms. The summed E-state index contributed by atoms with van der Waals surface area (Å²) in [4.78, 5) is 2.38. The molecule has 0 fully saturated rings. The molecule has 2 aromatic rings. The van der Waals surface area contributed by atoms with E-state index in [1.54, 1.807) is 0 Å². The van der Waals surface area contributed by atoms with Crippen LogP contribution in [0.4, 0.5) is 0 Å². The van der Waals surface area contributed by atoms with E-state index in [2.05, 4.69) is 50.1 Å². The highest BCUT2D eigenvalue weighted by atomic mass is 16.7. The van der Waals surface area contributed by atoms with Crippen LogP contribution in [-0.2, 0) is 13.0 Å². The summed E-state index contributed by atoms with van der Waals surface area (Å²) < 4.78 is 11.1. The van der Waals surface area contributed by atoms with Crippen LogP contribution >= 0.6 is 0 Å². The number of hydrogen-bond donors (Lipinski definition) is 1. The van der Waals surface area contributed by atoms with Crippen LogP contribution in [0.5, 0.6) is 11.5 Å². The third kappa shape index (κ3) is 2.07. The molecule has 0 amide bonds. The van der Waals surface area contributed by atoms with Crippen LogP contribution < -0.4 is 9.47 Å². The molecule has 130 valence electrons. The molecule has 3 atom stereocenters. The van der Waals surface area contributed by atoms with Crippen molar-refractivity contribution in [2.75, 3.05) is 13.8 Å². The second-order valence-electron chi connectivity index (χ2n) is 7.64. The number of aryl methyl sites for hydroxylation is 1. The molecule has 2 aliphatic heterocycles. The lowest BCUT2D eigenvalue weighted by Gasteiger charge is -2.47. The van der Waals surface area contributed by atoms with Gasteiger partial charge >= 0.3 is 0 Å². The van der Waals surface area contributed by atoms with E-state index in [-0.39, 0.29) is 24.9 Å². The maximum Gasteiger partial charge on any atom is 0.231 e. The number of fused-ring (bicyclic) bond motifs is 6. The van der Waals surface area contributed by atoms with Crippen molar-refractivity contribution in [3.05, 3.63) is 57.6 Å². The Morgan fingerprint density at radius 3 is 2.64 bits per heavy atom. The molecule has 0 saturated carbocycles. The minimum Gasteiger partial charge on any atom is -0.454 e. The summed E-state index contributed by atoms with van der Waals surface area (Å²) in [5.41, 5.74) is 7.81. The second-order valence-corrected chi connectivity index (χ2v) is 7.64. The molecule has 0 spiro atoms. The van der Waals surface area contributed by atoms with Crippen molar-refractivity contribution >= 4 is 0 Å². The number of benzene rings is 2. The lowest BCUT2D eigenvalue weighted by atomic mass is 9.70. The van der Waals surface area contributed by atoms with Crippen molar-refractivity contribution in [1.29, 1.82) is 0 Å². The minimum atomic E-state index is -0.388. The van der Waals surface area contributed by atoms with Gasteiger partial charge < -0.3 is 14.6 Å². The van der Waals surface area contributed by atoms with Gasteiger partial charge in [-0.1, -0.05) is 12.1 Å². The number of rotatable bonds is 0. The molecule has 0 saturated heterocycles. The smallest absolute Gasteiger partial charge is 0.231 e. The van der Waals surface area contributed by atoms with Crippen LogP contribution in [0.25, 0.3) is 0 Å². The molecule has 2 aromatic carbocycles. The Hall–Kier alpha value is -2.04. The molecular weight excluding hydrogens is 314 g/mol. The van der Waals surface area contributed by atoms with Gasteiger partial charge in [0, 0.05) is 18.5 Å². The van der Waals surface area contributed by atoms with Gasteiger partial charge in [0.1, 0.15) is 0 Å². The Morgan fingerprint density at radius 2 is 1.84 bits per heavy atom. The van der Waals surface area contributed by atoms with E-state index in [9.17, 15) is 5.11 Å². The van der Waals surface area contributed by atoms with E-state index < -0.39 is 0 Å². The molecule has 1 aliphatic carbocycles. The maximum atomic E-state index is 11.0. The van der Waals surface area contributed by atoms with Crippen LogP contribution in [0, 0.1) is 13.8 Å². The molecular formula is C21H23NO3. The zero-order valence-corrected chi connectivity index (χ0v) is 14.9. The zero-order valence-electron chi connectivity index (χ0n) is 14.9. The summed E-state index contributed by atoms with van der Waals surface area (Å²) in [7, 11) is 2.16. The average molecular weight is 337 g/mol. The van der Waals surface area contributed by atoms with Gasteiger partial charge in [-0.25, -0.2) is 0 Å². The first-order valence-electron chi connectivity index (χ1n) is 8.94. The molecule has 1 N–H and O–H groups in total. The third-order valence-electron chi connectivity index (χ3n) is 6.28. The van der Waals surface area contributed by atoms with E-state index in [4.69, 9.17) is 9.47 Å². The van der Waals surface area contributed by atoms with Crippen molar-refractivity contribution in [3.63, 3.8) is 0 Å². The van der Waals surface area contributed by atoms with Crippen LogP contribution in [0.15, 0.2) is 24.3 Å². The average Bonchev–Trinajstić information content (AvgIpc) is 3.04. The van der Waals surface area contributed by atoms with Gasteiger partial charge in [0.25, 0.3) is 0 Å². The van der Waals surface area contributed by atoms with E-state index in [1.807, 2.05) is 0 Å². The summed E-state index contributed by atoms with van der Waals surface area (Å²) in [6, 6.07) is 8.77. The highest BCUT2D eigenvalue weighted by Gasteiger charge is 2.44. The first-order chi connectivity index (χ1) is 12.0. The number of ether oxygens (including phenoxy) is 2. The van der Waals surface area contributed by atoms with Gasteiger partial charge in [-0.15, -0.1) is 0 Å².